The van der Waals surface area contributed by atoms with Crippen LogP contribution < -0.4 is 16.0 Å². The van der Waals surface area contributed by atoms with Gasteiger partial charge in [-0.25, -0.2) is 9.36 Å². The van der Waals surface area contributed by atoms with Crippen molar-refractivity contribution in [3.05, 3.63) is 75.7 Å². The molecule has 1 N–H and O–H groups in total. The van der Waals surface area contributed by atoms with E-state index in [-0.39, 0.29) is 17.3 Å². The smallest absolute Gasteiger partial charge is 0.336 e. The van der Waals surface area contributed by atoms with E-state index in [1.807, 2.05) is 53.2 Å². The average molecular weight is 426 g/mol. The molecule has 6 rings (SSSR count). The summed E-state index contributed by atoms with van der Waals surface area (Å²) in [5.41, 5.74) is 2.16. The Morgan fingerprint density at radius 1 is 1.06 bits per heavy atom. The number of methoxy groups -OCH3 is 1. The Hall–Kier alpha value is -3.87. The van der Waals surface area contributed by atoms with Gasteiger partial charge in [0.2, 0.25) is 0 Å². The predicted molar refractivity (Wildman–Crippen MR) is 125 cm³/mol. The second-order valence-electron chi connectivity index (χ2n) is 8.36. The molecule has 7 heteroatoms. The molecule has 0 aliphatic heterocycles. The van der Waals surface area contributed by atoms with E-state index in [1.165, 1.54) is 4.57 Å². The molecule has 2 aromatic carbocycles. The van der Waals surface area contributed by atoms with Gasteiger partial charge in [-0.05, 0) is 43.2 Å². The van der Waals surface area contributed by atoms with Gasteiger partial charge in [-0.15, -0.1) is 0 Å². The Balaban J connectivity index is 1.77. The van der Waals surface area contributed by atoms with Crippen LogP contribution in [-0.2, 0) is 0 Å². The van der Waals surface area contributed by atoms with E-state index in [9.17, 15) is 9.59 Å². The van der Waals surface area contributed by atoms with Gasteiger partial charge in [-0.1, -0.05) is 25.0 Å². The van der Waals surface area contributed by atoms with Crippen molar-refractivity contribution in [2.45, 2.75) is 31.7 Å². The van der Waals surface area contributed by atoms with Crippen LogP contribution in [0.25, 0.3) is 38.4 Å². The number of aromatic amines is 1. The molecule has 3 heterocycles. The van der Waals surface area contributed by atoms with Crippen LogP contribution in [0.5, 0.6) is 5.75 Å². The van der Waals surface area contributed by atoms with Crippen LogP contribution in [0.15, 0.2) is 64.4 Å². The van der Waals surface area contributed by atoms with E-state index in [0.717, 1.165) is 42.0 Å². The minimum atomic E-state index is -0.355. The van der Waals surface area contributed by atoms with Crippen molar-refractivity contribution in [1.82, 2.24) is 19.1 Å². The zero-order valence-corrected chi connectivity index (χ0v) is 17.7. The molecular weight excluding hydrogens is 404 g/mol. The average Bonchev–Trinajstić information content (AvgIpc) is 3.50. The molecule has 0 spiro atoms. The summed E-state index contributed by atoms with van der Waals surface area (Å²) in [4.78, 5) is 35.3. The molecule has 32 heavy (non-hydrogen) atoms. The highest BCUT2D eigenvalue weighted by molar-refractivity contribution is 6.05. The van der Waals surface area contributed by atoms with Gasteiger partial charge in [0.25, 0.3) is 5.56 Å². The number of H-pyrrole nitrogens is 1. The fraction of sp³-hybridized carbons (Fsp3) is 0.240. The number of fused-ring (bicyclic) bond motifs is 4. The van der Waals surface area contributed by atoms with E-state index in [2.05, 4.69) is 9.97 Å². The van der Waals surface area contributed by atoms with Gasteiger partial charge in [-0.3, -0.25) is 14.3 Å². The van der Waals surface area contributed by atoms with Crippen LogP contribution >= 0.6 is 0 Å². The van der Waals surface area contributed by atoms with E-state index < -0.39 is 0 Å². The summed E-state index contributed by atoms with van der Waals surface area (Å²) in [5, 5.41) is 2.14. The number of para-hydroxylation sites is 1. The van der Waals surface area contributed by atoms with Gasteiger partial charge >= 0.3 is 5.69 Å². The highest BCUT2D eigenvalue weighted by atomic mass is 16.5. The summed E-state index contributed by atoms with van der Waals surface area (Å²) in [6.45, 7) is 0. The monoisotopic (exact) mass is 426 g/mol. The van der Waals surface area contributed by atoms with Crippen molar-refractivity contribution in [3.63, 3.8) is 0 Å². The first-order chi connectivity index (χ1) is 15.7. The third-order valence-corrected chi connectivity index (χ3v) is 6.61. The maximum Gasteiger partial charge on any atom is 0.336 e. The SMILES string of the molecule is COc1cccc2c1ncc1c(=O)n(-c3ccc4[nH]ccc4c3)c(=O)n(C3CCCC3)c12. The van der Waals surface area contributed by atoms with Crippen molar-refractivity contribution in [3.8, 4) is 11.4 Å². The zero-order valence-electron chi connectivity index (χ0n) is 17.7. The largest absolute Gasteiger partial charge is 0.494 e. The van der Waals surface area contributed by atoms with Crippen molar-refractivity contribution in [2.75, 3.05) is 7.11 Å². The molecule has 0 bridgehead atoms. The van der Waals surface area contributed by atoms with E-state index in [4.69, 9.17) is 4.74 Å². The fourth-order valence-corrected chi connectivity index (χ4v) is 5.08. The van der Waals surface area contributed by atoms with Crippen molar-refractivity contribution < 1.29 is 4.74 Å². The first kappa shape index (κ1) is 18.9. The van der Waals surface area contributed by atoms with Crippen LogP contribution in [-0.4, -0.2) is 26.2 Å². The molecular formula is C25H22N4O3. The number of hydrogen-bond acceptors (Lipinski definition) is 4. The Kier molecular flexibility index (Phi) is 4.18. The molecule has 5 aromatic rings. The highest BCUT2D eigenvalue weighted by Gasteiger charge is 2.25. The fourth-order valence-electron chi connectivity index (χ4n) is 5.08. The molecule has 0 amide bonds. The highest BCUT2D eigenvalue weighted by Crippen LogP contribution is 2.34. The third-order valence-electron chi connectivity index (χ3n) is 6.61. The lowest BCUT2D eigenvalue weighted by Crippen LogP contribution is -2.40. The van der Waals surface area contributed by atoms with E-state index in [1.54, 1.807) is 13.3 Å². The standard InChI is InChI=1S/C25H22N4O3/c1-32-21-8-4-7-18-22(21)27-14-19-23(18)28(16-5-2-3-6-16)25(31)29(24(19)30)17-9-10-20-15(13-17)11-12-26-20/h4,7-14,16,26H,2-3,5-6H2,1H3. The Morgan fingerprint density at radius 3 is 2.72 bits per heavy atom. The van der Waals surface area contributed by atoms with E-state index in [0.29, 0.717) is 27.9 Å². The van der Waals surface area contributed by atoms with Crippen LogP contribution in [0.3, 0.4) is 0 Å². The topological polar surface area (TPSA) is 81.9 Å². The zero-order chi connectivity index (χ0) is 21.8. The summed E-state index contributed by atoms with van der Waals surface area (Å²) in [6, 6.07) is 13.2. The van der Waals surface area contributed by atoms with Gasteiger partial charge in [0.15, 0.2) is 0 Å². The first-order valence-corrected chi connectivity index (χ1v) is 10.9. The summed E-state index contributed by atoms with van der Waals surface area (Å²) >= 11 is 0. The van der Waals surface area contributed by atoms with Gasteiger partial charge in [-0.2, -0.15) is 0 Å². The molecule has 0 atom stereocenters. The van der Waals surface area contributed by atoms with Crippen LogP contribution in [0.4, 0.5) is 0 Å². The molecule has 160 valence electrons. The lowest BCUT2D eigenvalue weighted by atomic mass is 10.1. The van der Waals surface area contributed by atoms with Crippen LogP contribution in [0.2, 0.25) is 0 Å². The number of hydrogen-bond donors (Lipinski definition) is 1. The number of rotatable bonds is 3. The van der Waals surface area contributed by atoms with Gasteiger partial charge in [0, 0.05) is 34.7 Å². The third kappa shape index (κ3) is 2.64. The molecule has 0 radical (unpaired) electrons. The number of ether oxygens (including phenoxy) is 1. The molecule has 0 unspecified atom stereocenters. The maximum absolute atomic E-state index is 13.9. The predicted octanol–water partition coefficient (Wildman–Crippen LogP) is 4.31. The van der Waals surface area contributed by atoms with Crippen molar-refractivity contribution in [2.24, 2.45) is 0 Å². The molecule has 3 aromatic heterocycles. The van der Waals surface area contributed by atoms with Crippen LogP contribution in [0, 0.1) is 0 Å². The number of nitrogens with zero attached hydrogens (tertiary/aromatic N) is 3. The Labute approximate surface area is 182 Å². The van der Waals surface area contributed by atoms with Crippen LogP contribution in [0.1, 0.15) is 31.7 Å². The van der Waals surface area contributed by atoms with Crippen molar-refractivity contribution in [1.29, 1.82) is 0 Å². The maximum atomic E-state index is 13.9. The summed E-state index contributed by atoms with van der Waals surface area (Å²) in [6.07, 6.45) is 7.39. The van der Waals surface area contributed by atoms with Gasteiger partial charge < -0.3 is 9.72 Å². The minimum Gasteiger partial charge on any atom is -0.494 e. The molecule has 1 aliphatic rings. The summed E-state index contributed by atoms with van der Waals surface area (Å²) in [5.74, 6) is 0.622. The molecule has 1 fully saturated rings. The molecule has 0 saturated heterocycles. The normalized spacial score (nSPS) is 14.7. The van der Waals surface area contributed by atoms with Gasteiger partial charge in [0.1, 0.15) is 11.3 Å². The number of pyridine rings is 1. The second kappa shape index (κ2) is 7.09. The number of nitrogens with one attached hydrogen (secondary N) is 1. The molecule has 1 aliphatic carbocycles. The Morgan fingerprint density at radius 2 is 1.91 bits per heavy atom. The number of benzene rings is 2. The Bertz CT molecular complexity index is 1620. The number of aromatic nitrogens is 4. The second-order valence-corrected chi connectivity index (χ2v) is 8.36. The molecule has 1 saturated carbocycles. The molecule has 7 nitrogen and oxygen atoms in total. The lowest BCUT2D eigenvalue weighted by molar-refractivity contribution is 0.419. The van der Waals surface area contributed by atoms with Gasteiger partial charge in [0.05, 0.1) is 23.7 Å². The minimum absolute atomic E-state index is 0.0460. The first-order valence-electron chi connectivity index (χ1n) is 10.9. The lowest BCUT2D eigenvalue weighted by Gasteiger charge is -2.20. The summed E-state index contributed by atoms with van der Waals surface area (Å²) in [7, 11) is 1.60. The van der Waals surface area contributed by atoms with Crippen molar-refractivity contribution >= 4 is 32.7 Å². The summed E-state index contributed by atoms with van der Waals surface area (Å²) < 4.78 is 8.61. The quantitative estimate of drug-likeness (QED) is 0.436. The van der Waals surface area contributed by atoms with E-state index >= 15 is 0 Å².